The fourth-order valence-electron chi connectivity index (χ4n) is 2.31. The summed E-state index contributed by atoms with van der Waals surface area (Å²) in [6, 6.07) is 14.8. The van der Waals surface area contributed by atoms with E-state index in [1.165, 1.54) is 0 Å². The van der Waals surface area contributed by atoms with E-state index in [2.05, 4.69) is 20.6 Å². The van der Waals surface area contributed by atoms with E-state index in [9.17, 15) is 4.79 Å². The number of ether oxygens (including phenoxy) is 1. The Morgan fingerprint density at radius 1 is 1.12 bits per heavy atom. The Labute approximate surface area is 145 Å². The molecule has 0 atom stereocenters. The lowest BCUT2D eigenvalue weighted by molar-refractivity contribution is 0.0946. The molecule has 0 saturated heterocycles. The number of benzene rings is 1. The maximum atomic E-state index is 12.3. The van der Waals surface area contributed by atoms with Crippen molar-refractivity contribution in [1.82, 2.24) is 15.3 Å². The lowest BCUT2D eigenvalue weighted by Crippen LogP contribution is -2.23. The SMILES string of the molecule is COc1ccccc1Nc1ccnc(C(=O)NCc2cccnc2)c1. The Morgan fingerprint density at radius 3 is 2.80 bits per heavy atom. The van der Waals surface area contributed by atoms with Crippen LogP contribution in [0.15, 0.2) is 67.1 Å². The number of nitrogens with zero attached hydrogens (tertiary/aromatic N) is 2. The highest BCUT2D eigenvalue weighted by molar-refractivity contribution is 5.93. The summed E-state index contributed by atoms with van der Waals surface area (Å²) in [6.45, 7) is 0.401. The molecule has 6 nitrogen and oxygen atoms in total. The summed E-state index contributed by atoms with van der Waals surface area (Å²) < 4.78 is 5.32. The van der Waals surface area contributed by atoms with Gasteiger partial charge in [0.1, 0.15) is 11.4 Å². The molecule has 3 rings (SSSR count). The molecular formula is C19H18N4O2. The van der Waals surface area contributed by atoms with Crippen molar-refractivity contribution in [3.63, 3.8) is 0 Å². The van der Waals surface area contributed by atoms with Crippen LogP contribution in [0.3, 0.4) is 0 Å². The molecule has 6 heteroatoms. The number of carbonyl (C=O) groups is 1. The number of nitrogens with one attached hydrogen (secondary N) is 2. The van der Waals surface area contributed by atoms with E-state index in [-0.39, 0.29) is 5.91 Å². The number of aromatic nitrogens is 2. The lowest BCUT2D eigenvalue weighted by Gasteiger charge is -2.11. The summed E-state index contributed by atoms with van der Waals surface area (Å²) in [7, 11) is 1.62. The molecule has 0 saturated carbocycles. The highest BCUT2D eigenvalue weighted by Crippen LogP contribution is 2.26. The normalized spacial score (nSPS) is 10.1. The number of carbonyl (C=O) groups excluding carboxylic acids is 1. The standard InChI is InChI=1S/C19H18N4O2/c1-25-18-7-3-2-6-16(18)23-15-8-10-21-17(11-15)19(24)22-13-14-5-4-9-20-12-14/h2-12H,13H2,1H3,(H,21,23)(H,22,24). The molecule has 126 valence electrons. The minimum absolute atomic E-state index is 0.243. The predicted octanol–water partition coefficient (Wildman–Crippen LogP) is 3.16. The van der Waals surface area contributed by atoms with E-state index in [1.807, 2.05) is 36.4 Å². The summed E-state index contributed by atoms with van der Waals surface area (Å²) in [6.07, 6.45) is 5.00. The fraction of sp³-hybridized carbons (Fsp3) is 0.105. The van der Waals surface area contributed by atoms with Gasteiger partial charge in [0.05, 0.1) is 12.8 Å². The summed E-state index contributed by atoms with van der Waals surface area (Å²) in [5.41, 5.74) is 2.84. The topological polar surface area (TPSA) is 76.1 Å². The van der Waals surface area contributed by atoms with Crippen LogP contribution in [0.1, 0.15) is 16.1 Å². The second-order valence-corrected chi connectivity index (χ2v) is 5.30. The average Bonchev–Trinajstić information content (AvgIpc) is 2.67. The number of anilines is 2. The molecule has 0 unspecified atom stereocenters. The molecular weight excluding hydrogens is 316 g/mol. The Balaban J connectivity index is 1.69. The van der Waals surface area contributed by atoms with Gasteiger partial charge >= 0.3 is 0 Å². The van der Waals surface area contributed by atoms with E-state index in [0.29, 0.717) is 12.2 Å². The molecule has 25 heavy (non-hydrogen) atoms. The smallest absolute Gasteiger partial charge is 0.270 e. The molecule has 0 fully saturated rings. The summed E-state index contributed by atoms with van der Waals surface area (Å²) in [5.74, 6) is 0.481. The van der Waals surface area contributed by atoms with Crippen LogP contribution in [-0.2, 0) is 6.54 Å². The third kappa shape index (κ3) is 4.32. The summed E-state index contributed by atoms with van der Waals surface area (Å²) in [4.78, 5) is 20.5. The van der Waals surface area contributed by atoms with Crippen LogP contribution < -0.4 is 15.4 Å². The molecule has 0 aliphatic heterocycles. The minimum atomic E-state index is -0.243. The van der Waals surface area contributed by atoms with Crippen LogP contribution in [0.4, 0.5) is 11.4 Å². The second-order valence-electron chi connectivity index (χ2n) is 5.30. The van der Waals surface area contributed by atoms with E-state index in [4.69, 9.17) is 4.74 Å². The maximum absolute atomic E-state index is 12.3. The highest BCUT2D eigenvalue weighted by Gasteiger charge is 2.09. The van der Waals surface area contributed by atoms with E-state index in [0.717, 1.165) is 22.7 Å². The van der Waals surface area contributed by atoms with Gasteiger partial charge in [0.15, 0.2) is 0 Å². The third-order valence-corrected chi connectivity index (χ3v) is 3.55. The average molecular weight is 334 g/mol. The molecule has 0 aliphatic carbocycles. The zero-order valence-electron chi connectivity index (χ0n) is 13.8. The molecule has 1 amide bonds. The van der Waals surface area contributed by atoms with Gasteiger partial charge in [-0.2, -0.15) is 0 Å². The van der Waals surface area contributed by atoms with Crippen LogP contribution >= 0.6 is 0 Å². The first-order valence-corrected chi connectivity index (χ1v) is 7.79. The van der Waals surface area contributed by atoms with Crippen LogP contribution in [0.5, 0.6) is 5.75 Å². The number of methoxy groups -OCH3 is 1. The molecule has 0 spiro atoms. The van der Waals surface area contributed by atoms with Crippen molar-refractivity contribution in [3.8, 4) is 5.75 Å². The molecule has 3 aromatic rings. The van der Waals surface area contributed by atoms with Gasteiger partial charge in [-0.3, -0.25) is 14.8 Å². The molecule has 0 radical (unpaired) electrons. The molecule has 2 aromatic heterocycles. The van der Waals surface area contributed by atoms with Gasteiger partial charge in [0, 0.05) is 30.8 Å². The zero-order valence-corrected chi connectivity index (χ0v) is 13.8. The van der Waals surface area contributed by atoms with Gasteiger partial charge in [-0.05, 0) is 35.9 Å². The van der Waals surface area contributed by atoms with Gasteiger partial charge in [0.2, 0.25) is 0 Å². The Hall–Kier alpha value is -3.41. The fourth-order valence-corrected chi connectivity index (χ4v) is 2.31. The Bertz CT molecular complexity index is 853. The first-order chi connectivity index (χ1) is 12.3. The molecule has 2 heterocycles. The number of hydrogen-bond acceptors (Lipinski definition) is 5. The highest BCUT2D eigenvalue weighted by atomic mass is 16.5. The zero-order chi connectivity index (χ0) is 17.5. The summed E-state index contributed by atoms with van der Waals surface area (Å²) in [5, 5.41) is 6.07. The molecule has 1 aromatic carbocycles. The minimum Gasteiger partial charge on any atom is -0.495 e. The van der Waals surface area contributed by atoms with Crippen LogP contribution in [0.25, 0.3) is 0 Å². The van der Waals surface area contributed by atoms with Gasteiger partial charge in [-0.15, -0.1) is 0 Å². The van der Waals surface area contributed by atoms with E-state index in [1.54, 1.807) is 37.8 Å². The van der Waals surface area contributed by atoms with Gasteiger partial charge < -0.3 is 15.4 Å². The number of hydrogen-bond donors (Lipinski definition) is 2. The quantitative estimate of drug-likeness (QED) is 0.724. The predicted molar refractivity (Wildman–Crippen MR) is 95.9 cm³/mol. The van der Waals surface area contributed by atoms with E-state index < -0.39 is 0 Å². The van der Waals surface area contributed by atoms with Crippen LogP contribution in [0, 0.1) is 0 Å². The van der Waals surface area contributed by atoms with Crippen molar-refractivity contribution in [1.29, 1.82) is 0 Å². The van der Waals surface area contributed by atoms with Crippen molar-refractivity contribution in [2.75, 3.05) is 12.4 Å². The van der Waals surface area contributed by atoms with Crippen molar-refractivity contribution < 1.29 is 9.53 Å². The maximum Gasteiger partial charge on any atom is 0.270 e. The Morgan fingerprint density at radius 2 is 2.00 bits per heavy atom. The number of amides is 1. The molecule has 0 aliphatic rings. The van der Waals surface area contributed by atoms with Gasteiger partial charge in [-0.1, -0.05) is 18.2 Å². The van der Waals surface area contributed by atoms with Crippen LogP contribution in [0.2, 0.25) is 0 Å². The monoisotopic (exact) mass is 334 g/mol. The van der Waals surface area contributed by atoms with E-state index >= 15 is 0 Å². The number of para-hydroxylation sites is 2. The lowest BCUT2D eigenvalue weighted by atomic mass is 10.2. The third-order valence-electron chi connectivity index (χ3n) is 3.55. The van der Waals surface area contributed by atoms with Crippen molar-refractivity contribution >= 4 is 17.3 Å². The van der Waals surface area contributed by atoms with Crippen molar-refractivity contribution in [3.05, 3.63) is 78.4 Å². The molecule has 0 bridgehead atoms. The number of rotatable bonds is 6. The number of pyridine rings is 2. The second kappa shape index (κ2) is 7.92. The van der Waals surface area contributed by atoms with Gasteiger partial charge in [-0.25, -0.2) is 0 Å². The van der Waals surface area contributed by atoms with Gasteiger partial charge in [0.25, 0.3) is 5.91 Å². The summed E-state index contributed by atoms with van der Waals surface area (Å²) >= 11 is 0. The molecule has 2 N–H and O–H groups in total. The van der Waals surface area contributed by atoms with Crippen molar-refractivity contribution in [2.45, 2.75) is 6.54 Å². The first-order valence-electron chi connectivity index (χ1n) is 7.79. The van der Waals surface area contributed by atoms with Crippen LogP contribution in [-0.4, -0.2) is 23.0 Å². The first kappa shape index (κ1) is 16.4. The largest absolute Gasteiger partial charge is 0.495 e. The van der Waals surface area contributed by atoms with Crippen molar-refractivity contribution in [2.24, 2.45) is 0 Å². The Kier molecular flexibility index (Phi) is 5.21.